The van der Waals surface area contributed by atoms with E-state index < -0.39 is 28.4 Å². The number of rotatable bonds is 5. The molecule has 1 aromatic carbocycles. The summed E-state index contributed by atoms with van der Waals surface area (Å²) in [6, 6.07) is 9.12. The number of sulfonamides is 1. The molecule has 140 valence electrons. The van der Waals surface area contributed by atoms with E-state index in [-0.39, 0.29) is 14.1 Å². The summed E-state index contributed by atoms with van der Waals surface area (Å²) < 4.78 is 28.4. The van der Waals surface area contributed by atoms with Crippen molar-refractivity contribution >= 4 is 56.3 Å². The maximum atomic E-state index is 12.2. The topological polar surface area (TPSA) is 131 Å². The molecule has 2 aromatic rings. The molecule has 27 heavy (non-hydrogen) atoms. The minimum Gasteiger partial charge on any atom is -0.480 e. The molecule has 1 fully saturated rings. The lowest BCUT2D eigenvalue weighted by atomic mass is 10.2. The molecule has 1 aromatic heterocycles. The zero-order chi connectivity index (χ0) is 19.8. The number of carbonyl (C=O) groups excluding carboxylic acids is 1. The van der Waals surface area contributed by atoms with Gasteiger partial charge in [-0.1, -0.05) is 24.0 Å². The molecule has 0 radical (unpaired) electrons. The summed E-state index contributed by atoms with van der Waals surface area (Å²) in [5.41, 5.74) is 0.625. The Morgan fingerprint density at radius 1 is 1.26 bits per heavy atom. The second-order valence-corrected chi connectivity index (χ2v) is 8.67. The number of thiocarbonyl (C=S) groups is 1. The minimum absolute atomic E-state index is 0.0138. The third-order valence-corrected chi connectivity index (χ3v) is 5.84. The number of carboxylic acids is 1. The fourth-order valence-electron chi connectivity index (χ4n) is 2.30. The van der Waals surface area contributed by atoms with E-state index in [1.807, 2.05) is 0 Å². The number of carboxylic acid groups (broad SMARTS) is 1. The number of primary sulfonamides is 1. The Hall–Kier alpha value is -2.47. The van der Waals surface area contributed by atoms with Crippen molar-refractivity contribution in [1.82, 2.24) is 4.90 Å². The van der Waals surface area contributed by atoms with Crippen molar-refractivity contribution in [2.24, 2.45) is 5.14 Å². The quantitative estimate of drug-likeness (QED) is 0.549. The van der Waals surface area contributed by atoms with Gasteiger partial charge in [-0.3, -0.25) is 14.5 Å². The Labute approximate surface area is 163 Å². The zero-order valence-electron chi connectivity index (χ0n) is 13.5. The van der Waals surface area contributed by atoms with Crippen LogP contribution in [0.2, 0.25) is 0 Å². The van der Waals surface area contributed by atoms with Crippen molar-refractivity contribution in [2.75, 3.05) is 6.54 Å². The fourth-order valence-corrected chi connectivity index (χ4v) is 4.05. The van der Waals surface area contributed by atoms with Crippen LogP contribution >= 0.6 is 24.0 Å². The van der Waals surface area contributed by atoms with Gasteiger partial charge in [0.1, 0.15) is 22.4 Å². The molecule has 0 unspecified atom stereocenters. The molecule has 0 atom stereocenters. The first-order valence-corrected chi connectivity index (χ1v) is 10.1. The Kier molecular flexibility index (Phi) is 5.20. The highest BCUT2D eigenvalue weighted by Gasteiger charge is 2.33. The molecule has 1 aliphatic rings. The number of hydrogen-bond donors (Lipinski definition) is 2. The van der Waals surface area contributed by atoms with E-state index >= 15 is 0 Å². The second-order valence-electron chi connectivity index (χ2n) is 5.43. The van der Waals surface area contributed by atoms with Crippen LogP contribution in [0.3, 0.4) is 0 Å². The molecule has 0 bridgehead atoms. The van der Waals surface area contributed by atoms with Crippen molar-refractivity contribution in [3.8, 4) is 11.3 Å². The van der Waals surface area contributed by atoms with Gasteiger partial charge in [-0.15, -0.1) is 0 Å². The first kappa shape index (κ1) is 19.3. The fraction of sp³-hybridized carbons (Fsp3) is 0.0625. The number of amides is 1. The number of furan rings is 1. The Balaban J connectivity index is 1.82. The van der Waals surface area contributed by atoms with E-state index in [1.165, 1.54) is 18.2 Å². The Bertz CT molecular complexity index is 1070. The van der Waals surface area contributed by atoms with Crippen LogP contribution in [0.25, 0.3) is 17.4 Å². The van der Waals surface area contributed by atoms with Crippen molar-refractivity contribution in [2.45, 2.75) is 4.90 Å². The van der Waals surface area contributed by atoms with Gasteiger partial charge in [0.05, 0.1) is 9.80 Å². The van der Waals surface area contributed by atoms with Crippen LogP contribution in [0.4, 0.5) is 0 Å². The van der Waals surface area contributed by atoms with Gasteiger partial charge in [0.2, 0.25) is 10.0 Å². The zero-order valence-corrected chi connectivity index (χ0v) is 15.9. The summed E-state index contributed by atoms with van der Waals surface area (Å²) in [5, 5.41) is 13.9. The van der Waals surface area contributed by atoms with E-state index in [0.29, 0.717) is 17.1 Å². The molecule has 3 N–H and O–H groups in total. The summed E-state index contributed by atoms with van der Waals surface area (Å²) in [6.45, 7) is -0.498. The molecule has 0 saturated carbocycles. The number of aliphatic carboxylic acids is 1. The number of nitrogens with two attached hydrogens (primary N) is 1. The van der Waals surface area contributed by atoms with Crippen LogP contribution < -0.4 is 5.14 Å². The molecule has 3 rings (SSSR count). The van der Waals surface area contributed by atoms with Gasteiger partial charge < -0.3 is 9.52 Å². The van der Waals surface area contributed by atoms with Crippen LogP contribution in [-0.2, 0) is 19.6 Å². The largest absolute Gasteiger partial charge is 0.480 e. The van der Waals surface area contributed by atoms with Crippen molar-refractivity contribution in [3.05, 3.63) is 47.1 Å². The van der Waals surface area contributed by atoms with Crippen LogP contribution in [-0.4, -0.2) is 41.2 Å². The molecule has 1 saturated heterocycles. The average Bonchev–Trinajstić information content (AvgIpc) is 3.15. The number of carbonyl (C=O) groups is 2. The molecular weight excluding hydrogens is 412 g/mol. The van der Waals surface area contributed by atoms with Gasteiger partial charge in [0, 0.05) is 11.6 Å². The van der Waals surface area contributed by atoms with Crippen molar-refractivity contribution in [3.63, 3.8) is 0 Å². The molecule has 8 nitrogen and oxygen atoms in total. The Morgan fingerprint density at radius 3 is 2.52 bits per heavy atom. The maximum Gasteiger partial charge on any atom is 0.323 e. The van der Waals surface area contributed by atoms with Gasteiger partial charge in [-0.25, -0.2) is 13.6 Å². The average molecular weight is 424 g/mol. The summed E-state index contributed by atoms with van der Waals surface area (Å²) in [4.78, 5) is 24.3. The monoisotopic (exact) mass is 424 g/mol. The summed E-state index contributed by atoms with van der Waals surface area (Å²) in [5.74, 6) is -0.821. The second kappa shape index (κ2) is 7.27. The van der Waals surface area contributed by atoms with Gasteiger partial charge in [0.25, 0.3) is 5.91 Å². The number of benzene rings is 1. The Morgan fingerprint density at radius 2 is 1.93 bits per heavy atom. The standard InChI is InChI=1S/C16H12N2O6S3/c17-27(22,23)11-4-1-9(2-5-11)12-6-3-10(24-12)7-13-15(21)18(8-14(19)20)16(25)26-13/h1-7H,8H2,(H,19,20)(H2,17,22,23)/b13-7-. The summed E-state index contributed by atoms with van der Waals surface area (Å²) in [7, 11) is -3.78. The minimum atomic E-state index is -3.78. The predicted molar refractivity (Wildman–Crippen MR) is 103 cm³/mol. The SMILES string of the molecule is NS(=O)(=O)c1ccc(-c2ccc(/C=C3\SC(=S)N(CC(=O)O)C3=O)o2)cc1. The first-order chi connectivity index (χ1) is 12.6. The van der Waals surface area contributed by atoms with Gasteiger partial charge in [-0.05, 0) is 36.4 Å². The molecule has 2 heterocycles. The molecular formula is C16H12N2O6S3. The van der Waals surface area contributed by atoms with Gasteiger partial charge in [0.15, 0.2) is 0 Å². The predicted octanol–water partition coefficient (Wildman–Crippen LogP) is 1.88. The molecule has 1 amide bonds. The number of nitrogens with zero attached hydrogens (tertiary/aromatic N) is 1. The van der Waals surface area contributed by atoms with Crippen molar-refractivity contribution < 1.29 is 27.5 Å². The van der Waals surface area contributed by atoms with Crippen LogP contribution in [0, 0.1) is 0 Å². The van der Waals surface area contributed by atoms with Crippen LogP contribution in [0.15, 0.2) is 50.6 Å². The maximum absolute atomic E-state index is 12.2. The lowest BCUT2D eigenvalue weighted by molar-refractivity contribution is -0.140. The van der Waals surface area contributed by atoms with E-state index in [0.717, 1.165) is 16.7 Å². The van der Waals surface area contributed by atoms with Crippen LogP contribution in [0.1, 0.15) is 5.76 Å². The third-order valence-electron chi connectivity index (χ3n) is 3.53. The van der Waals surface area contributed by atoms with E-state index in [4.69, 9.17) is 26.9 Å². The lowest BCUT2D eigenvalue weighted by Crippen LogP contribution is -2.33. The molecule has 1 aliphatic heterocycles. The molecule has 0 aliphatic carbocycles. The smallest absolute Gasteiger partial charge is 0.323 e. The number of hydrogen-bond acceptors (Lipinski definition) is 7. The summed E-state index contributed by atoms with van der Waals surface area (Å²) >= 11 is 6.02. The number of thioether (sulfide) groups is 1. The summed E-state index contributed by atoms with van der Waals surface area (Å²) in [6.07, 6.45) is 1.48. The normalized spacial score (nSPS) is 16.3. The van der Waals surface area contributed by atoms with E-state index in [2.05, 4.69) is 0 Å². The van der Waals surface area contributed by atoms with Gasteiger partial charge >= 0.3 is 5.97 Å². The van der Waals surface area contributed by atoms with Crippen molar-refractivity contribution in [1.29, 1.82) is 0 Å². The van der Waals surface area contributed by atoms with Gasteiger partial charge in [-0.2, -0.15) is 0 Å². The first-order valence-electron chi connectivity index (χ1n) is 7.35. The highest BCUT2D eigenvalue weighted by Crippen LogP contribution is 2.33. The van der Waals surface area contributed by atoms with Crippen LogP contribution in [0.5, 0.6) is 0 Å². The highest BCUT2D eigenvalue weighted by molar-refractivity contribution is 8.26. The lowest BCUT2D eigenvalue weighted by Gasteiger charge is -2.09. The van der Waals surface area contributed by atoms with E-state index in [9.17, 15) is 18.0 Å². The molecule has 0 spiro atoms. The molecule has 11 heteroatoms. The highest BCUT2D eigenvalue weighted by atomic mass is 32.2. The third kappa shape index (κ3) is 4.27. The van der Waals surface area contributed by atoms with E-state index in [1.54, 1.807) is 24.3 Å².